The van der Waals surface area contributed by atoms with Gasteiger partial charge in [0.05, 0.1) is 13.2 Å². The van der Waals surface area contributed by atoms with Crippen LogP contribution in [0.3, 0.4) is 0 Å². The van der Waals surface area contributed by atoms with Gasteiger partial charge in [-0.3, -0.25) is 0 Å². The standard InChI is InChI=1S/C21H31FO2/c1-14-12-23-21(24-13-14)19-10-6-17(7-11-19)5-9-18-8-4-15(2)16(3)20(18)22/h4,8,14,17,19,21H,5-7,9-13H2,1-3H3. The van der Waals surface area contributed by atoms with Crippen LogP contribution in [-0.2, 0) is 15.9 Å². The monoisotopic (exact) mass is 334 g/mol. The van der Waals surface area contributed by atoms with E-state index in [4.69, 9.17) is 9.47 Å². The minimum Gasteiger partial charge on any atom is -0.352 e. The summed E-state index contributed by atoms with van der Waals surface area (Å²) in [6.07, 6.45) is 6.76. The van der Waals surface area contributed by atoms with Crippen LogP contribution in [0.25, 0.3) is 0 Å². The quantitative estimate of drug-likeness (QED) is 0.754. The molecule has 0 radical (unpaired) electrons. The molecule has 3 rings (SSSR count). The molecule has 0 amide bonds. The zero-order valence-electron chi connectivity index (χ0n) is 15.3. The van der Waals surface area contributed by atoms with Crippen LogP contribution in [0.1, 0.15) is 55.7 Å². The minimum absolute atomic E-state index is 0.00168. The van der Waals surface area contributed by atoms with Crippen molar-refractivity contribution in [3.05, 3.63) is 34.6 Å². The molecule has 1 aliphatic carbocycles. The van der Waals surface area contributed by atoms with Gasteiger partial charge in [0.25, 0.3) is 0 Å². The highest BCUT2D eigenvalue weighted by molar-refractivity contribution is 5.32. The van der Waals surface area contributed by atoms with Gasteiger partial charge in [-0.25, -0.2) is 4.39 Å². The Labute approximate surface area is 145 Å². The summed E-state index contributed by atoms with van der Waals surface area (Å²) < 4.78 is 26.0. The van der Waals surface area contributed by atoms with Crippen LogP contribution in [0.2, 0.25) is 0 Å². The number of aryl methyl sites for hydroxylation is 2. The summed E-state index contributed by atoms with van der Waals surface area (Å²) in [6, 6.07) is 4.01. The fourth-order valence-electron chi connectivity index (χ4n) is 4.03. The molecule has 0 unspecified atom stereocenters. The summed E-state index contributed by atoms with van der Waals surface area (Å²) in [6.45, 7) is 7.68. The molecule has 0 bridgehead atoms. The Morgan fingerprint density at radius 1 is 1.04 bits per heavy atom. The van der Waals surface area contributed by atoms with Crippen LogP contribution in [0, 0.1) is 37.4 Å². The van der Waals surface area contributed by atoms with Gasteiger partial charge in [0.15, 0.2) is 6.29 Å². The molecule has 2 nitrogen and oxygen atoms in total. The molecule has 0 N–H and O–H groups in total. The first-order valence-electron chi connectivity index (χ1n) is 9.52. The lowest BCUT2D eigenvalue weighted by Crippen LogP contribution is -2.37. The predicted octanol–water partition coefficient (Wildman–Crippen LogP) is 5.19. The topological polar surface area (TPSA) is 18.5 Å². The van der Waals surface area contributed by atoms with E-state index in [1.807, 2.05) is 26.0 Å². The van der Waals surface area contributed by atoms with Gasteiger partial charge in [-0.1, -0.05) is 19.1 Å². The third-order valence-corrected chi connectivity index (χ3v) is 5.93. The van der Waals surface area contributed by atoms with Gasteiger partial charge in [-0.2, -0.15) is 0 Å². The van der Waals surface area contributed by atoms with Gasteiger partial charge in [0.1, 0.15) is 5.82 Å². The molecule has 134 valence electrons. The summed E-state index contributed by atoms with van der Waals surface area (Å²) in [5.74, 6) is 1.78. The smallest absolute Gasteiger partial charge is 0.160 e. The zero-order chi connectivity index (χ0) is 17.1. The van der Waals surface area contributed by atoms with E-state index in [-0.39, 0.29) is 12.1 Å². The van der Waals surface area contributed by atoms with E-state index in [0.717, 1.165) is 42.7 Å². The lowest BCUT2D eigenvalue weighted by Gasteiger charge is -2.37. The maximum Gasteiger partial charge on any atom is 0.160 e. The second-order valence-electron chi connectivity index (χ2n) is 7.94. The van der Waals surface area contributed by atoms with Crippen LogP contribution in [0.4, 0.5) is 4.39 Å². The molecule has 0 aromatic heterocycles. The van der Waals surface area contributed by atoms with Gasteiger partial charge in [0, 0.05) is 11.8 Å². The normalized spacial score (nSPS) is 31.2. The summed E-state index contributed by atoms with van der Waals surface area (Å²) in [5.41, 5.74) is 2.73. The third kappa shape index (κ3) is 4.18. The SMILES string of the molecule is Cc1ccc(CCC2CCC(C3OCC(C)CO3)CC2)c(F)c1C. The Balaban J connectivity index is 1.45. The number of hydrogen-bond acceptors (Lipinski definition) is 2. The molecule has 2 fully saturated rings. The first kappa shape index (κ1) is 17.9. The van der Waals surface area contributed by atoms with Gasteiger partial charge >= 0.3 is 0 Å². The highest BCUT2D eigenvalue weighted by Crippen LogP contribution is 2.36. The molecule has 1 aliphatic heterocycles. The van der Waals surface area contributed by atoms with Gasteiger partial charge in [0.2, 0.25) is 0 Å². The fraction of sp³-hybridized carbons (Fsp3) is 0.714. The number of hydrogen-bond donors (Lipinski definition) is 0. The van der Waals surface area contributed by atoms with Crippen molar-refractivity contribution in [2.24, 2.45) is 17.8 Å². The molecule has 0 atom stereocenters. The molecule has 1 saturated carbocycles. The molecule has 1 aromatic rings. The largest absolute Gasteiger partial charge is 0.352 e. The van der Waals surface area contributed by atoms with E-state index in [2.05, 4.69) is 6.92 Å². The van der Waals surface area contributed by atoms with E-state index in [0.29, 0.717) is 17.8 Å². The van der Waals surface area contributed by atoms with Crippen LogP contribution < -0.4 is 0 Å². The van der Waals surface area contributed by atoms with E-state index in [9.17, 15) is 4.39 Å². The summed E-state index contributed by atoms with van der Waals surface area (Å²) >= 11 is 0. The average Bonchev–Trinajstić information content (AvgIpc) is 2.60. The average molecular weight is 334 g/mol. The van der Waals surface area contributed by atoms with E-state index < -0.39 is 0 Å². The van der Waals surface area contributed by atoms with Crippen LogP contribution in [-0.4, -0.2) is 19.5 Å². The predicted molar refractivity (Wildman–Crippen MR) is 94.5 cm³/mol. The van der Waals surface area contributed by atoms with Crippen molar-refractivity contribution in [2.75, 3.05) is 13.2 Å². The molecule has 1 aromatic carbocycles. The van der Waals surface area contributed by atoms with Crippen LogP contribution in [0.15, 0.2) is 12.1 Å². The zero-order valence-corrected chi connectivity index (χ0v) is 15.3. The number of benzene rings is 1. The highest BCUT2D eigenvalue weighted by atomic mass is 19.1. The third-order valence-electron chi connectivity index (χ3n) is 5.93. The molecule has 24 heavy (non-hydrogen) atoms. The Morgan fingerprint density at radius 2 is 1.71 bits per heavy atom. The summed E-state index contributed by atoms with van der Waals surface area (Å²) in [5, 5.41) is 0. The Kier molecular flexibility index (Phi) is 5.93. The molecule has 3 heteroatoms. The lowest BCUT2D eigenvalue weighted by atomic mass is 9.79. The maximum absolute atomic E-state index is 14.3. The summed E-state index contributed by atoms with van der Waals surface area (Å²) in [4.78, 5) is 0. The van der Waals surface area contributed by atoms with Crippen molar-refractivity contribution < 1.29 is 13.9 Å². The first-order valence-corrected chi connectivity index (χ1v) is 9.52. The fourth-order valence-corrected chi connectivity index (χ4v) is 4.03. The van der Waals surface area contributed by atoms with E-state index in [1.165, 1.54) is 25.7 Å². The second kappa shape index (κ2) is 7.97. The van der Waals surface area contributed by atoms with Crippen LogP contribution >= 0.6 is 0 Å². The van der Waals surface area contributed by atoms with Crippen molar-refractivity contribution in [3.63, 3.8) is 0 Å². The molecule has 1 heterocycles. The molecule has 0 spiro atoms. The van der Waals surface area contributed by atoms with E-state index in [1.54, 1.807) is 0 Å². The number of ether oxygens (including phenoxy) is 2. The lowest BCUT2D eigenvalue weighted by molar-refractivity contribution is -0.226. The number of halogens is 1. The van der Waals surface area contributed by atoms with E-state index >= 15 is 0 Å². The first-order chi connectivity index (χ1) is 11.5. The minimum atomic E-state index is 0.00168. The van der Waals surface area contributed by atoms with Crippen molar-refractivity contribution >= 4 is 0 Å². The van der Waals surface area contributed by atoms with Gasteiger partial charge < -0.3 is 9.47 Å². The molecular formula is C21H31FO2. The van der Waals surface area contributed by atoms with Crippen molar-refractivity contribution in [3.8, 4) is 0 Å². The highest BCUT2D eigenvalue weighted by Gasteiger charge is 2.31. The van der Waals surface area contributed by atoms with Gasteiger partial charge in [-0.15, -0.1) is 0 Å². The Hall–Kier alpha value is -0.930. The van der Waals surface area contributed by atoms with Crippen molar-refractivity contribution in [1.82, 2.24) is 0 Å². The Bertz CT molecular complexity index is 541. The van der Waals surface area contributed by atoms with Gasteiger partial charge in [-0.05, 0) is 75.0 Å². The summed E-state index contributed by atoms with van der Waals surface area (Å²) in [7, 11) is 0. The maximum atomic E-state index is 14.3. The molecule has 1 saturated heterocycles. The second-order valence-corrected chi connectivity index (χ2v) is 7.94. The molecule has 2 aliphatic rings. The van der Waals surface area contributed by atoms with Crippen molar-refractivity contribution in [1.29, 1.82) is 0 Å². The van der Waals surface area contributed by atoms with Crippen LogP contribution in [0.5, 0.6) is 0 Å². The molecular weight excluding hydrogens is 303 g/mol. The number of rotatable bonds is 4. The van der Waals surface area contributed by atoms with Crippen molar-refractivity contribution in [2.45, 2.75) is 65.6 Å². The Morgan fingerprint density at radius 3 is 2.38 bits per heavy atom.